The van der Waals surface area contributed by atoms with E-state index in [1.54, 1.807) is 11.3 Å². The Morgan fingerprint density at radius 3 is 2.64 bits per heavy atom. The van der Waals surface area contributed by atoms with Gasteiger partial charge in [0.15, 0.2) is 0 Å². The molecule has 2 heterocycles. The second kappa shape index (κ2) is 8.28. The van der Waals surface area contributed by atoms with Gasteiger partial charge in [0.25, 0.3) is 0 Å². The lowest BCUT2D eigenvalue weighted by atomic mass is 10.2. The van der Waals surface area contributed by atoms with Crippen molar-refractivity contribution in [3.8, 4) is 0 Å². The normalized spacial score (nSPS) is 13.8. The number of aliphatic hydroxyl groups excluding tert-OH is 1. The minimum Gasteiger partial charge on any atom is -0.387 e. The van der Waals surface area contributed by atoms with Crippen LogP contribution in [0.25, 0.3) is 0 Å². The average Bonchev–Trinajstić information content (AvgIpc) is 3.17. The monoisotopic (exact) mass is 339 g/mol. The van der Waals surface area contributed by atoms with Crippen molar-refractivity contribution in [3.05, 3.63) is 44.8 Å². The quantitative estimate of drug-likeness (QED) is 0.726. The van der Waals surface area contributed by atoms with Crippen molar-refractivity contribution in [2.24, 2.45) is 0 Å². The zero-order chi connectivity index (χ0) is 15.9. The van der Waals surface area contributed by atoms with Crippen LogP contribution in [-0.2, 0) is 0 Å². The maximum atomic E-state index is 11.9. The van der Waals surface area contributed by atoms with Gasteiger partial charge < -0.3 is 20.6 Å². The number of nitrogens with one attached hydrogen (secondary N) is 2. The van der Waals surface area contributed by atoms with E-state index in [2.05, 4.69) is 21.6 Å². The van der Waals surface area contributed by atoms with Gasteiger partial charge in [-0.1, -0.05) is 6.07 Å². The number of carbonyl (C=O) groups is 1. The molecule has 0 aliphatic carbocycles. The first kappa shape index (κ1) is 17.0. The molecular formula is C15H21N3O2S2. The highest BCUT2D eigenvalue weighted by Gasteiger charge is 2.16. The highest BCUT2D eigenvalue weighted by molar-refractivity contribution is 7.10. The molecule has 22 heavy (non-hydrogen) atoms. The van der Waals surface area contributed by atoms with E-state index in [1.165, 1.54) is 16.2 Å². The van der Waals surface area contributed by atoms with Crippen molar-refractivity contribution in [1.82, 2.24) is 15.5 Å². The van der Waals surface area contributed by atoms with Crippen LogP contribution in [0.2, 0.25) is 0 Å². The van der Waals surface area contributed by atoms with Crippen LogP contribution in [0.1, 0.15) is 22.6 Å². The summed E-state index contributed by atoms with van der Waals surface area (Å²) in [7, 11) is 3.98. The molecule has 0 saturated carbocycles. The van der Waals surface area contributed by atoms with E-state index in [0.29, 0.717) is 6.54 Å². The number of likely N-dealkylation sites (N-methyl/N-ethyl adjacent to an activating group) is 1. The van der Waals surface area contributed by atoms with Gasteiger partial charge in [-0.15, -0.1) is 11.3 Å². The van der Waals surface area contributed by atoms with Crippen LogP contribution in [0.15, 0.2) is 34.3 Å². The third-order valence-corrected chi connectivity index (χ3v) is 5.01. The van der Waals surface area contributed by atoms with Gasteiger partial charge in [-0.25, -0.2) is 4.79 Å². The zero-order valence-electron chi connectivity index (χ0n) is 12.7. The first-order valence-electron chi connectivity index (χ1n) is 6.99. The summed E-state index contributed by atoms with van der Waals surface area (Å²) in [4.78, 5) is 15.2. The molecule has 0 aromatic carbocycles. The predicted octanol–water partition coefficient (Wildman–Crippen LogP) is 2.45. The Morgan fingerprint density at radius 1 is 1.27 bits per heavy atom. The number of rotatable bonds is 7. The third kappa shape index (κ3) is 4.81. The molecule has 2 rings (SSSR count). The van der Waals surface area contributed by atoms with E-state index in [-0.39, 0.29) is 18.6 Å². The Balaban J connectivity index is 1.77. The van der Waals surface area contributed by atoms with Gasteiger partial charge in [0.1, 0.15) is 0 Å². The minimum absolute atomic E-state index is 0.146. The Bertz CT molecular complexity index is 555. The molecule has 0 saturated heterocycles. The second-order valence-corrected chi connectivity index (χ2v) is 6.92. The summed E-state index contributed by atoms with van der Waals surface area (Å²) in [6.07, 6.45) is -0.668. The molecule has 2 atom stereocenters. The maximum absolute atomic E-state index is 11.9. The number of amides is 2. The molecule has 0 aliphatic rings. The summed E-state index contributed by atoms with van der Waals surface area (Å²) in [6, 6.07) is 5.81. The number of aliphatic hydroxyl groups is 1. The van der Waals surface area contributed by atoms with Gasteiger partial charge >= 0.3 is 6.03 Å². The fourth-order valence-electron chi connectivity index (χ4n) is 2.04. The topological polar surface area (TPSA) is 64.6 Å². The minimum atomic E-state index is -0.668. The van der Waals surface area contributed by atoms with E-state index < -0.39 is 6.10 Å². The molecule has 2 unspecified atom stereocenters. The first-order chi connectivity index (χ1) is 10.6. The highest BCUT2D eigenvalue weighted by Crippen LogP contribution is 2.22. The van der Waals surface area contributed by atoms with E-state index in [1.807, 2.05) is 42.4 Å². The largest absolute Gasteiger partial charge is 0.387 e. The molecule has 2 aromatic heterocycles. The molecule has 2 aromatic rings. The molecule has 0 radical (unpaired) electrons. The van der Waals surface area contributed by atoms with Gasteiger partial charge in [0.05, 0.1) is 12.1 Å². The van der Waals surface area contributed by atoms with Crippen LogP contribution in [0.4, 0.5) is 4.79 Å². The van der Waals surface area contributed by atoms with E-state index in [4.69, 9.17) is 0 Å². The number of urea groups is 1. The Labute approximate surface area is 138 Å². The first-order valence-corrected chi connectivity index (χ1v) is 8.82. The molecule has 120 valence electrons. The molecule has 3 N–H and O–H groups in total. The highest BCUT2D eigenvalue weighted by atomic mass is 32.1. The summed E-state index contributed by atoms with van der Waals surface area (Å²) in [5.74, 6) is 0. The fourth-order valence-corrected chi connectivity index (χ4v) is 3.67. The number of thiophene rings is 2. The van der Waals surface area contributed by atoms with Crippen molar-refractivity contribution in [2.45, 2.75) is 12.1 Å². The predicted molar refractivity (Wildman–Crippen MR) is 91.4 cm³/mol. The van der Waals surface area contributed by atoms with E-state index >= 15 is 0 Å². The molecular weight excluding hydrogens is 318 g/mol. The second-order valence-electron chi connectivity index (χ2n) is 5.16. The molecule has 0 fully saturated rings. The fraction of sp³-hybridized carbons (Fsp3) is 0.400. The SMILES string of the molecule is CN(C)C(CNC(=O)NCC(O)c1ccsc1)c1cccs1. The smallest absolute Gasteiger partial charge is 0.314 e. The van der Waals surface area contributed by atoms with E-state index in [0.717, 1.165) is 5.56 Å². The maximum Gasteiger partial charge on any atom is 0.314 e. The number of hydrogen-bond donors (Lipinski definition) is 3. The van der Waals surface area contributed by atoms with Crippen LogP contribution in [0.3, 0.4) is 0 Å². The van der Waals surface area contributed by atoms with E-state index in [9.17, 15) is 9.90 Å². The van der Waals surface area contributed by atoms with Crippen molar-refractivity contribution in [3.63, 3.8) is 0 Å². The molecule has 0 spiro atoms. The van der Waals surface area contributed by atoms with Crippen molar-refractivity contribution >= 4 is 28.7 Å². The summed E-state index contributed by atoms with van der Waals surface area (Å²) in [5.41, 5.74) is 0.829. The average molecular weight is 339 g/mol. The lowest BCUT2D eigenvalue weighted by molar-refractivity contribution is 0.173. The molecule has 5 nitrogen and oxygen atoms in total. The Hall–Kier alpha value is -1.41. The van der Waals surface area contributed by atoms with Gasteiger partial charge in [0, 0.05) is 18.0 Å². The van der Waals surface area contributed by atoms with Crippen molar-refractivity contribution < 1.29 is 9.90 Å². The molecule has 0 bridgehead atoms. The summed E-state index contributed by atoms with van der Waals surface area (Å²) < 4.78 is 0. The van der Waals surface area contributed by atoms with Gasteiger partial charge in [-0.2, -0.15) is 11.3 Å². The zero-order valence-corrected chi connectivity index (χ0v) is 14.3. The van der Waals surface area contributed by atoms with Crippen LogP contribution >= 0.6 is 22.7 Å². The summed E-state index contributed by atoms with van der Waals surface area (Å²) in [5, 5.41) is 21.3. The summed E-state index contributed by atoms with van der Waals surface area (Å²) >= 11 is 3.20. The number of carbonyl (C=O) groups excluding carboxylic acids is 1. The third-order valence-electron chi connectivity index (χ3n) is 3.33. The van der Waals surface area contributed by atoms with Crippen LogP contribution in [0.5, 0.6) is 0 Å². The van der Waals surface area contributed by atoms with Gasteiger partial charge in [0.2, 0.25) is 0 Å². The lowest BCUT2D eigenvalue weighted by Gasteiger charge is -2.23. The van der Waals surface area contributed by atoms with Crippen molar-refractivity contribution in [2.75, 3.05) is 27.2 Å². The molecule has 0 aliphatic heterocycles. The van der Waals surface area contributed by atoms with Crippen LogP contribution in [-0.4, -0.2) is 43.2 Å². The van der Waals surface area contributed by atoms with Crippen molar-refractivity contribution in [1.29, 1.82) is 0 Å². The summed E-state index contributed by atoms with van der Waals surface area (Å²) in [6.45, 7) is 0.724. The standard InChI is InChI=1S/C15H21N3O2S2/c1-18(2)12(14-4-3-6-22-14)8-16-15(20)17-9-13(19)11-5-7-21-10-11/h3-7,10,12-13,19H,8-9H2,1-2H3,(H2,16,17,20). The van der Waals surface area contributed by atoms with Gasteiger partial charge in [-0.3, -0.25) is 0 Å². The number of hydrogen-bond acceptors (Lipinski definition) is 5. The molecule has 7 heteroatoms. The van der Waals surface area contributed by atoms with Crippen LogP contribution in [0, 0.1) is 0 Å². The number of nitrogens with zero attached hydrogens (tertiary/aromatic N) is 1. The molecule has 2 amide bonds. The van der Waals surface area contributed by atoms with Crippen LogP contribution < -0.4 is 10.6 Å². The Kier molecular flexibility index (Phi) is 6.38. The Morgan fingerprint density at radius 2 is 2.05 bits per heavy atom. The van der Waals surface area contributed by atoms with Gasteiger partial charge in [-0.05, 0) is 47.9 Å². The lowest BCUT2D eigenvalue weighted by Crippen LogP contribution is -2.41.